The molecule has 3 aliphatic heterocycles. The molecule has 4 aromatic rings. The van der Waals surface area contributed by atoms with Gasteiger partial charge in [-0.25, -0.2) is 24.1 Å². The SMILES string of the molecule is NC(=O)c1ccc[n+]([C@@H]2O[C@H](COP(=O)(O)OP(=O)(O)OC[C@H]3O[C@@H](n4cnc5c(N)ncnc54)[C@H](O)[C@@H]3O)[C@H]3O[B-](O)(c4cccc(N)c4)O[C@H]32)c1. The topological polar surface area (TPSA) is 343 Å². The highest BCUT2D eigenvalue weighted by Crippen LogP contribution is 2.61. The van der Waals surface area contributed by atoms with Crippen LogP contribution in [0.4, 0.5) is 11.5 Å². The lowest BCUT2D eigenvalue weighted by molar-refractivity contribution is -0.765. The number of ether oxygens (including phenoxy) is 2. The third-order valence-corrected chi connectivity index (χ3v) is 11.3. The van der Waals surface area contributed by atoms with Crippen molar-refractivity contribution in [1.29, 1.82) is 0 Å². The zero-order valence-corrected chi connectivity index (χ0v) is 28.9. The fourth-order valence-corrected chi connectivity index (χ4v) is 8.35. The van der Waals surface area contributed by atoms with Crippen LogP contribution in [0.2, 0.25) is 0 Å². The van der Waals surface area contributed by atoms with Gasteiger partial charge in [-0.05, 0) is 12.1 Å². The highest BCUT2D eigenvalue weighted by atomic mass is 31.3. The molecule has 284 valence electrons. The van der Waals surface area contributed by atoms with Gasteiger partial charge >= 0.3 is 22.4 Å². The first-order valence-corrected chi connectivity index (χ1v) is 18.7. The van der Waals surface area contributed by atoms with E-state index in [1.807, 2.05) is 0 Å². The molecule has 0 saturated carbocycles. The van der Waals surface area contributed by atoms with E-state index in [0.29, 0.717) is 5.69 Å². The molecular formula is C27H33BN8O15P2. The number of rotatable bonds is 12. The number of aromatic nitrogens is 5. The summed E-state index contributed by atoms with van der Waals surface area (Å²) < 4.78 is 66.2. The first-order valence-electron chi connectivity index (χ1n) is 15.7. The number of phosphoric ester groups is 2. The Morgan fingerprint density at radius 2 is 1.68 bits per heavy atom. The van der Waals surface area contributed by atoms with E-state index in [2.05, 4.69) is 19.3 Å². The third-order valence-electron chi connectivity index (χ3n) is 8.71. The zero-order chi connectivity index (χ0) is 37.9. The maximum Gasteiger partial charge on any atom is 0.481 e. The van der Waals surface area contributed by atoms with E-state index in [-0.39, 0.29) is 28.0 Å². The predicted octanol–water partition coefficient (Wildman–Crippen LogP) is -2.53. The molecule has 3 fully saturated rings. The molecule has 53 heavy (non-hydrogen) atoms. The minimum atomic E-state index is -5.43. The second-order valence-electron chi connectivity index (χ2n) is 12.3. The molecule has 7 rings (SSSR count). The van der Waals surface area contributed by atoms with Crippen LogP contribution in [-0.2, 0) is 41.3 Å². The fraction of sp³-hybridized carbons (Fsp3) is 0.370. The van der Waals surface area contributed by atoms with E-state index in [1.54, 1.807) is 12.1 Å². The number of anilines is 2. The molecule has 3 unspecified atom stereocenters. The molecule has 6 heterocycles. The van der Waals surface area contributed by atoms with Crippen molar-refractivity contribution in [2.75, 3.05) is 24.7 Å². The summed E-state index contributed by atoms with van der Waals surface area (Å²) in [7, 11) is -10.9. The van der Waals surface area contributed by atoms with Gasteiger partial charge in [0.2, 0.25) is 0 Å². The summed E-state index contributed by atoms with van der Waals surface area (Å²) in [6.45, 7) is -4.91. The molecule has 0 bridgehead atoms. The number of carbonyl (C=O) groups excluding carboxylic acids is 1. The van der Waals surface area contributed by atoms with Crippen LogP contribution in [0.15, 0.2) is 61.4 Å². The Hall–Kier alpha value is -3.97. The average Bonchev–Trinajstić information content (AvgIpc) is 3.85. The maximum atomic E-state index is 12.9. The number of nitrogen functional groups attached to an aromatic ring is 2. The molecule has 3 saturated heterocycles. The summed E-state index contributed by atoms with van der Waals surface area (Å²) in [4.78, 5) is 44.5. The van der Waals surface area contributed by atoms with E-state index in [1.165, 1.54) is 52.1 Å². The van der Waals surface area contributed by atoms with Gasteiger partial charge in [0.15, 0.2) is 30.1 Å². The summed E-state index contributed by atoms with van der Waals surface area (Å²) in [5.41, 5.74) is 18.0. The molecule has 23 nitrogen and oxygen atoms in total. The number of amides is 1. The van der Waals surface area contributed by atoms with Crippen LogP contribution < -0.4 is 27.2 Å². The summed E-state index contributed by atoms with van der Waals surface area (Å²) in [6.07, 6.45) is -5.42. The second kappa shape index (κ2) is 14.0. The van der Waals surface area contributed by atoms with Crippen LogP contribution in [0.25, 0.3) is 11.2 Å². The van der Waals surface area contributed by atoms with Crippen LogP contribution >= 0.6 is 15.6 Å². The Kier molecular flexibility index (Phi) is 9.89. The monoisotopic (exact) mass is 782 g/mol. The van der Waals surface area contributed by atoms with Crippen molar-refractivity contribution < 1.29 is 75.7 Å². The van der Waals surface area contributed by atoms with Gasteiger partial charge in [0.25, 0.3) is 12.1 Å². The number of benzene rings is 1. The third kappa shape index (κ3) is 7.43. The number of aliphatic hydroxyl groups is 2. The molecular weight excluding hydrogens is 749 g/mol. The molecule has 1 aromatic carbocycles. The van der Waals surface area contributed by atoms with Gasteiger partial charge in [-0.2, -0.15) is 8.88 Å². The van der Waals surface area contributed by atoms with Gasteiger partial charge in [-0.3, -0.25) is 18.4 Å². The highest BCUT2D eigenvalue weighted by molar-refractivity contribution is 7.61. The van der Waals surface area contributed by atoms with Gasteiger partial charge in [0, 0.05) is 11.8 Å². The Morgan fingerprint density at radius 3 is 2.40 bits per heavy atom. The number of pyridine rings is 1. The molecule has 1 amide bonds. The van der Waals surface area contributed by atoms with E-state index in [0.717, 1.165) is 6.33 Å². The summed E-state index contributed by atoms with van der Waals surface area (Å²) in [6, 6.07) is 9.03. The second-order valence-corrected chi connectivity index (χ2v) is 15.3. The quantitative estimate of drug-likeness (QED) is 0.0318. The number of nitrogens with zero attached hydrogens (tertiary/aromatic N) is 5. The molecule has 0 radical (unpaired) electrons. The lowest BCUT2D eigenvalue weighted by Crippen LogP contribution is -2.54. The summed E-state index contributed by atoms with van der Waals surface area (Å²) in [5, 5.41) is 32.6. The number of imidazole rings is 1. The van der Waals surface area contributed by atoms with Gasteiger partial charge in [0.05, 0.1) is 25.6 Å². The van der Waals surface area contributed by atoms with Crippen molar-refractivity contribution >= 4 is 56.4 Å². The number of phosphoric acid groups is 2. The molecule has 0 spiro atoms. The normalized spacial score (nSPS) is 32.0. The van der Waals surface area contributed by atoms with Gasteiger partial charge in [-0.15, -0.1) is 5.46 Å². The van der Waals surface area contributed by atoms with Gasteiger partial charge in [0.1, 0.15) is 47.9 Å². The van der Waals surface area contributed by atoms with Gasteiger partial charge < -0.3 is 61.0 Å². The van der Waals surface area contributed by atoms with Crippen molar-refractivity contribution in [3.05, 3.63) is 67.0 Å². The minimum Gasteiger partial charge on any atom is -0.555 e. The van der Waals surface area contributed by atoms with Crippen molar-refractivity contribution in [2.45, 2.75) is 49.1 Å². The molecule has 3 aromatic heterocycles. The zero-order valence-electron chi connectivity index (χ0n) is 27.1. The smallest absolute Gasteiger partial charge is 0.481 e. The predicted molar refractivity (Wildman–Crippen MR) is 176 cm³/mol. The van der Waals surface area contributed by atoms with Crippen LogP contribution in [0, 0.1) is 0 Å². The van der Waals surface area contributed by atoms with Crippen molar-refractivity contribution in [1.82, 2.24) is 19.5 Å². The minimum absolute atomic E-state index is 0.0490. The molecule has 11 atom stereocenters. The number of hydrogen-bond acceptors (Lipinski definition) is 18. The summed E-state index contributed by atoms with van der Waals surface area (Å²) in [5.74, 6) is -0.697. The van der Waals surface area contributed by atoms with Crippen LogP contribution in [0.3, 0.4) is 0 Å². The van der Waals surface area contributed by atoms with Crippen LogP contribution in [-0.4, -0.2) is 107 Å². The van der Waals surface area contributed by atoms with E-state index >= 15 is 0 Å². The summed E-state index contributed by atoms with van der Waals surface area (Å²) >= 11 is 0. The van der Waals surface area contributed by atoms with Crippen LogP contribution in [0.5, 0.6) is 0 Å². The number of hydrogen-bond donors (Lipinski definition) is 8. The number of aliphatic hydroxyl groups excluding tert-OH is 2. The molecule has 26 heteroatoms. The Bertz CT molecular complexity index is 2140. The number of carbonyl (C=O) groups is 1. The Balaban J connectivity index is 1.01. The Morgan fingerprint density at radius 1 is 0.962 bits per heavy atom. The standard InChI is InChI=1S/C27H33BN8O15P2/c29-15-5-1-4-14(7-15)28(40)49-21-17(48-27(22(21)50-28)35-6-2-3-13(8-35)24(31)39)10-46-53(43,44)51-52(41,42)45-9-16-19(37)20(38)26(47-16)36-12-34-18-23(30)32-11-33-25(18)36/h1-8,11-12,16-17,19-22,26-27,37-38,40H,9-10,29H2,(H2,31,39)(H,41,42)(H,43,44)(H2,30,32,33)/t16-,17-,19-,20-,21-,22-,26-,27-,28?/m1/s1. The Labute approximate surface area is 298 Å². The van der Waals surface area contributed by atoms with Crippen LogP contribution in [0.1, 0.15) is 22.8 Å². The number of fused-ring (bicyclic) bond motifs is 2. The van der Waals surface area contributed by atoms with Crippen molar-refractivity contribution in [2.24, 2.45) is 5.73 Å². The number of primary amides is 1. The maximum absolute atomic E-state index is 12.9. The highest BCUT2D eigenvalue weighted by Gasteiger charge is 2.58. The van der Waals surface area contributed by atoms with E-state index < -0.39 is 90.6 Å². The fourth-order valence-electron chi connectivity index (χ4n) is 6.26. The molecule has 0 aliphatic carbocycles. The van der Waals surface area contributed by atoms with E-state index in [9.17, 15) is 38.9 Å². The average molecular weight is 782 g/mol. The van der Waals surface area contributed by atoms with Crippen molar-refractivity contribution in [3.8, 4) is 0 Å². The first-order chi connectivity index (χ1) is 25.0. The lowest BCUT2D eigenvalue weighted by Gasteiger charge is -2.32. The lowest BCUT2D eigenvalue weighted by atomic mass is 9.70. The number of nitrogens with two attached hydrogens (primary N) is 3. The van der Waals surface area contributed by atoms with Gasteiger partial charge in [-0.1, -0.05) is 18.2 Å². The molecule has 11 N–H and O–H groups in total. The largest absolute Gasteiger partial charge is 0.555 e. The molecule has 3 aliphatic rings. The van der Waals surface area contributed by atoms with Crippen molar-refractivity contribution in [3.63, 3.8) is 0 Å². The first kappa shape index (κ1) is 37.4. The van der Waals surface area contributed by atoms with E-state index in [4.69, 9.17) is 45.0 Å².